The number of hydrogen-bond acceptors (Lipinski definition) is 6. The lowest BCUT2D eigenvalue weighted by atomic mass is 10.3. The molecule has 1 N–H and O–H groups in total. The first kappa shape index (κ1) is 13.7. The summed E-state index contributed by atoms with van der Waals surface area (Å²) in [5, 5.41) is 6.09. The lowest BCUT2D eigenvalue weighted by Crippen LogP contribution is -2.30. The molecule has 0 aromatic carbocycles. The number of rotatable bonds is 4. The second kappa shape index (κ2) is 5.96. The molecule has 104 valence electrons. The summed E-state index contributed by atoms with van der Waals surface area (Å²) in [5.74, 6) is -0.321. The van der Waals surface area contributed by atoms with Gasteiger partial charge in [0.05, 0.1) is 0 Å². The number of nitrogens with one attached hydrogen (secondary N) is 1. The van der Waals surface area contributed by atoms with Crippen LogP contribution in [0.5, 0.6) is 0 Å². The van der Waals surface area contributed by atoms with Gasteiger partial charge in [-0.05, 0) is 26.0 Å². The highest BCUT2D eigenvalue weighted by Crippen LogP contribution is 2.08. The van der Waals surface area contributed by atoms with E-state index < -0.39 is 18.0 Å². The number of hydrogen-bond donors (Lipinski definition) is 1. The maximum absolute atomic E-state index is 11.8. The smallest absolute Gasteiger partial charge is 0.357 e. The Kier molecular flexibility index (Phi) is 4.09. The molecule has 7 nitrogen and oxygen atoms in total. The van der Waals surface area contributed by atoms with Gasteiger partial charge in [-0.25, -0.2) is 9.78 Å². The number of carbonyl (C=O) groups excluding carboxylic acids is 2. The highest BCUT2D eigenvalue weighted by molar-refractivity contribution is 5.96. The molecule has 0 aliphatic carbocycles. The monoisotopic (exact) mass is 275 g/mol. The Labute approximate surface area is 114 Å². The van der Waals surface area contributed by atoms with Crippen molar-refractivity contribution >= 4 is 17.7 Å². The van der Waals surface area contributed by atoms with Crippen molar-refractivity contribution in [2.24, 2.45) is 0 Å². The summed E-state index contributed by atoms with van der Waals surface area (Å²) >= 11 is 0. The van der Waals surface area contributed by atoms with Gasteiger partial charge in [0.2, 0.25) is 0 Å². The van der Waals surface area contributed by atoms with Crippen molar-refractivity contribution in [3.05, 3.63) is 41.9 Å². The molecule has 0 radical (unpaired) electrons. The first-order valence-electron chi connectivity index (χ1n) is 5.92. The topological polar surface area (TPSA) is 94.3 Å². The van der Waals surface area contributed by atoms with Crippen LogP contribution in [0, 0.1) is 6.92 Å². The van der Waals surface area contributed by atoms with Crippen LogP contribution >= 0.6 is 0 Å². The van der Waals surface area contributed by atoms with E-state index in [1.165, 1.54) is 19.2 Å². The second-order valence-corrected chi connectivity index (χ2v) is 4.07. The molecule has 2 aromatic heterocycles. The van der Waals surface area contributed by atoms with Crippen LogP contribution in [0.2, 0.25) is 0 Å². The molecule has 0 saturated heterocycles. The summed E-state index contributed by atoms with van der Waals surface area (Å²) in [7, 11) is 0. The lowest BCUT2D eigenvalue weighted by molar-refractivity contribution is -0.123. The van der Waals surface area contributed by atoms with Crippen molar-refractivity contribution in [1.82, 2.24) is 10.1 Å². The number of amides is 1. The zero-order chi connectivity index (χ0) is 14.5. The molecule has 2 rings (SSSR count). The van der Waals surface area contributed by atoms with E-state index in [2.05, 4.69) is 15.5 Å². The van der Waals surface area contributed by atoms with Gasteiger partial charge >= 0.3 is 5.97 Å². The third-order valence-corrected chi connectivity index (χ3v) is 2.41. The molecule has 0 aliphatic rings. The predicted octanol–water partition coefficient (Wildman–Crippen LogP) is 1.56. The van der Waals surface area contributed by atoms with Crippen LogP contribution in [0.3, 0.4) is 0 Å². The van der Waals surface area contributed by atoms with E-state index in [0.717, 1.165) is 0 Å². The fourth-order valence-electron chi connectivity index (χ4n) is 1.41. The molecule has 7 heteroatoms. The molecule has 0 bridgehead atoms. The highest BCUT2D eigenvalue weighted by atomic mass is 16.5. The summed E-state index contributed by atoms with van der Waals surface area (Å²) in [6, 6.07) is 6.41. The Morgan fingerprint density at radius 3 is 2.80 bits per heavy atom. The van der Waals surface area contributed by atoms with Gasteiger partial charge in [-0.2, -0.15) is 0 Å². The van der Waals surface area contributed by atoms with Crippen LogP contribution < -0.4 is 5.32 Å². The quantitative estimate of drug-likeness (QED) is 0.851. The van der Waals surface area contributed by atoms with Crippen LogP contribution in [0.1, 0.15) is 23.2 Å². The fraction of sp³-hybridized carbons (Fsp3) is 0.231. The maximum atomic E-state index is 11.8. The molecule has 0 unspecified atom stereocenters. The molecule has 2 heterocycles. The summed E-state index contributed by atoms with van der Waals surface area (Å²) in [5.41, 5.74) is 0.143. The Bertz CT molecular complexity index is 609. The van der Waals surface area contributed by atoms with E-state index in [9.17, 15) is 9.59 Å². The first-order valence-corrected chi connectivity index (χ1v) is 5.92. The minimum atomic E-state index is -0.971. The van der Waals surface area contributed by atoms with Crippen LogP contribution in [-0.2, 0) is 9.53 Å². The van der Waals surface area contributed by atoms with Gasteiger partial charge in [0.1, 0.15) is 11.5 Å². The maximum Gasteiger partial charge on any atom is 0.357 e. The highest BCUT2D eigenvalue weighted by Gasteiger charge is 2.20. The van der Waals surface area contributed by atoms with E-state index >= 15 is 0 Å². The van der Waals surface area contributed by atoms with Gasteiger partial charge in [-0.1, -0.05) is 11.2 Å². The van der Waals surface area contributed by atoms with Crippen molar-refractivity contribution in [2.75, 3.05) is 5.32 Å². The molecule has 20 heavy (non-hydrogen) atoms. The van der Waals surface area contributed by atoms with Crippen molar-refractivity contribution < 1.29 is 18.8 Å². The largest absolute Gasteiger partial charge is 0.448 e. The second-order valence-electron chi connectivity index (χ2n) is 4.07. The van der Waals surface area contributed by atoms with E-state index in [1.807, 2.05) is 0 Å². The number of aryl methyl sites for hydroxylation is 1. The van der Waals surface area contributed by atoms with Crippen LogP contribution in [0.4, 0.5) is 5.82 Å². The van der Waals surface area contributed by atoms with Crippen LogP contribution in [0.25, 0.3) is 0 Å². The fourth-order valence-corrected chi connectivity index (χ4v) is 1.41. The van der Waals surface area contributed by atoms with Gasteiger partial charge < -0.3 is 14.6 Å². The summed E-state index contributed by atoms with van der Waals surface area (Å²) in [6.45, 7) is 3.16. The summed E-state index contributed by atoms with van der Waals surface area (Å²) in [4.78, 5) is 27.4. The minimum absolute atomic E-state index is 0.143. The van der Waals surface area contributed by atoms with E-state index in [-0.39, 0.29) is 11.5 Å². The lowest BCUT2D eigenvalue weighted by Gasteiger charge is -2.11. The SMILES string of the molecule is Cc1cc(NC(=O)[C@H](C)OC(=O)c2ccccn2)no1. The Morgan fingerprint density at radius 2 is 2.20 bits per heavy atom. The number of anilines is 1. The van der Waals surface area contributed by atoms with E-state index in [1.54, 1.807) is 25.1 Å². The zero-order valence-electron chi connectivity index (χ0n) is 11.0. The third-order valence-electron chi connectivity index (χ3n) is 2.41. The Balaban J connectivity index is 1.92. The third kappa shape index (κ3) is 3.41. The zero-order valence-corrected chi connectivity index (χ0v) is 11.0. The van der Waals surface area contributed by atoms with Gasteiger partial charge in [0.15, 0.2) is 11.9 Å². The average molecular weight is 275 g/mol. The van der Waals surface area contributed by atoms with Crippen molar-refractivity contribution in [3.63, 3.8) is 0 Å². The van der Waals surface area contributed by atoms with E-state index in [4.69, 9.17) is 9.26 Å². The Hall–Kier alpha value is -2.70. The van der Waals surface area contributed by atoms with Gasteiger partial charge in [0, 0.05) is 12.3 Å². The van der Waals surface area contributed by atoms with Crippen molar-refractivity contribution in [1.29, 1.82) is 0 Å². The summed E-state index contributed by atoms with van der Waals surface area (Å²) < 4.78 is 9.82. The number of ether oxygens (including phenoxy) is 1. The van der Waals surface area contributed by atoms with Crippen molar-refractivity contribution in [2.45, 2.75) is 20.0 Å². The molecule has 0 fully saturated rings. The van der Waals surface area contributed by atoms with E-state index in [0.29, 0.717) is 5.76 Å². The normalized spacial score (nSPS) is 11.7. The molecule has 1 atom stereocenters. The molecule has 0 saturated carbocycles. The molecule has 2 aromatic rings. The average Bonchev–Trinajstić information content (AvgIpc) is 2.85. The van der Waals surface area contributed by atoms with Gasteiger partial charge in [-0.15, -0.1) is 0 Å². The summed E-state index contributed by atoms with van der Waals surface area (Å²) in [6.07, 6.45) is 0.501. The molecule has 1 amide bonds. The standard InChI is InChI=1S/C13H13N3O4/c1-8-7-11(16-20-8)15-12(17)9(2)19-13(18)10-5-3-4-6-14-10/h3-7,9H,1-2H3,(H,15,16,17)/t9-/m0/s1. The number of carbonyl (C=O) groups is 2. The molecular weight excluding hydrogens is 262 g/mol. The number of pyridine rings is 1. The Morgan fingerprint density at radius 1 is 1.40 bits per heavy atom. The number of aromatic nitrogens is 2. The van der Waals surface area contributed by atoms with Crippen LogP contribution in [0.15, 0.2) is 35.0 Å². The van der Waals surface area contributed by atoms with Gasteiger partial charge in [0.25, 0.3) is 5.91 Å². The van der Waals surface area contributed by atoms with Crippen molar-refractivity contribution in [3.8, 4) is 0 Å². The number of nitrogens with zero attached hydrogens (tertiary/aromatic N) is 2. The van der Waals surface area contributed by atoms with Crippen LogP contribution in [-0.4, -0.2) is 28.1 Å². The first-order chi connectivity index (χ1) is 9.56. The molecule has 0 aliphatic heterocycles. The number of esters is 1. The molecular formula is C13H13N3O4. The minimum Gasteiger partial charge on any atom is -0.448 e. The predicted molar refractivity (Wildman–Crippen MR) is 69.0 cm³/mol. The molecule has 0 spiro atoms. The van der Waals surface area contributed by atoms with Gasteiger partial charge in [-0.3, -0.25) is 4.79 Å².